The van der Waals surface area contributed by atoms with Gasteiger partial charge in [-0.05, 0) is 49.4 Å². The SMILES string of the molecule is CCCCCCCCCc1ccc(O)c(C)c1C. The van der Waals surface area contributed by atoms with Gasteiger partial charge in [0.05, 0.1) is 0 Å². The molecule has 18 heavy (non-hydrogen) atoms. The first-order valence-electron chi connectivity index (χ1n) is 7.44. The molecule has 1 N–H and O–H groups in total. The van der Waals surface area contributed by atoms with Crippen molar-refractivity contribution in [2.24, 2.45) is 0 Å². The summed E-state index contributed by atoms with van der Waals surface area (Å²) in [5, 5.41) is 9.62. The summed E-state index contributed by atoms with van der Waals surface area (Å²) in [4.78, 5) is 0. The second-order valence-corrected chi connectivity index (χ2v) is 5.37. The number of aromatic hydroxyl groups is 1. The number of rotatable bonds is 8. The van der Waals surface area contributed by atoms with E-state index in [-0.39, 0.29) is 0 Å². The quantitative estimate of drug-likeness (QED) is 0.619. The van der Waals surface area contributed by atoms with Crippen molar-refractivity contribution >= 4 is 0 Å². The van der Waals surface area contributed by atoms with Gasteiger partial charge in [-0.15, -0.1) is 0 Å². The van der Waals surface area contributed by atoms with Gasteiger partial charge in [-0.2, -0.15) is 0 Å². The van der Waals surface area contributed by atoms with Crippen LogP contribution < -0.4 is 0 Å². The van der Waals surface area contributed by atoms with E-state index in [1.165, 1.54) is 56.1 Å². The standard InChI is InChI=1S/C17H28O/c1-4-5-6-7-8-9-10-11-16-12-13-17(18)15(3)14(16)2/h12-13,18H,4-11H2,1-3H3. The maximum atomic E-state index is 9.62. The highest BCUT2D eigenvalue weighted by molar-refractivity contribution is 5.42. The van der Waals surface area contributed by atoms with Crippen LogP contribution in [0.25, 0.3) is 0 Å². The summed E-state index contributed by atoms with van der Waals surface area (Å²) in [5.74, 6) is 0.427. The molecule has 0 heterocycles. The summed E-state index contributed by atoms with van der Waals surface area (Å²) in [6.07, 6.45) is 10.6. The molecule has 0 bridgehead atoms. The van der Waals surface area contributed by atoms with Crippen LogP contribution >= 0.6 is 0 Å². The molecule has 0 saturated heterocycles. The molecule has 1 aromatic carbocycles. The number of phenolic OH excluding ortho intramolecular Hbond substituents is 1. The lowest BCUT2D eigenvalue weighted by Gasteiger charge is -2.10. The molecule has 0 aromatic heterocycles. The number of hydrogen-bond donors (Lipinski definition) is 1. The zero-order valence-electron chi connectivity index (χ0n) is 12.3. The smallest absolute Gasteiger partial charge is 0.118 e. The maximum absolute atomic E-state index is 9.62. The van der Waals surface area contributed by atoms with Crippen LogP contribution in [0.3, 0.4) is 0 Å². The van der Waals surface area contributed by atoms with Crippen LogP contribution in [0, 0.1) is 13.8 Å². The minimum Gasteiger partial charge on any atom is -0.508 e. The van der Waals surface area contributed by atoms with Crippen molar-refractivity contribution in [2.45, 2.75) is 72.1 Å². The number of hydrogen-bond acceptors (Lipinski definition) is 1. The van der Waals surface area contributed by atoms with Crippen LogP contribution in [0.1, 0.15) is 68.6 Å². The van der Waals surface area contributed by atoms with Gasteiger partial charge in [0.15, 0.2) is 0 Å². The molecule has 1 nitrogen and oxygen atoms in total. The van der Waals surface area contributed by atoms with E-state index in [2.05, 4.69) is 19.9 Å². The fraction of sp³-hybridized carbons (Fsp3) is 0.647. The Morgan fingerprint density at radius 3 is 2.11 bits per heavy atom. The summed E-state index contributed by atoms with van der Waals surface area (Å²) in [5.41, 5.74) is 3.70. The second kappa shape index (κ2) is 8.18. The summed E-state index contributed by atoms with van der Waals surface area (Å²) in [6.45, 7) is 6.38. The van der Waals surface area contributed by atoms with Crippen molar-refractivity contribution in [1.82, 2.24) is 0 Å². The van der Waals surface area contributed by atoms with Gasteiger partial charge in [0.2, 0.25) is 0 Å². The molecule has 0 fully saturated rings. The van der Waals surface area contributed by atoms with Crippen LogP contribution in [0.4, 0.5) is 0 Å². The van der Waals surface area contributed by atoms with E-state index in [9.17, 15) is 5.11 Å². The Morgan fingerprint density at radius 1 is 0.833 bits per heavy atom. The largest absolute Gasteiger partial charge is 0.508 e. The Balaban J connectivity index is 2.25. The third kappa shape index (κ3) is 4.72. The number of benzene rings is 1. The molecule has 1 heteroatoms. The molecule has 0 saturated carbocycles. The van der Waals surface area contributed by atoms with Crippen molar-refractivity contribution in [3.05, 3.63) is 28.8 Å². The fourth-order valence-corrected chi connectivity index (χ4v) is 2.41. The predicted octanol–water partition coefficient (Wildman–Crippen LogP) is 5.30. The van der Waals surface area contributed by atoms with Crippen LogP contribution in [0.15, 0.2) is 12.1 Å². The summed E-state index contributed by atoms with van der Waals surface area (Å²) >= 11 is 0. The topological polar surface area (TPSA) is 20.2 Å². The van der Waals surface area contributed by atoms with Crippen LogP contribution in [-0.2, 0) is 6.42 Å². The molecular weight excluding hydrogens is 220 g/mol. The third-order valence-electron chi connectivity index (χ3n) is 3.92. The van der Waals surface area contributed by atoms with E-state index in [1.807, 2.05) is 13.0 Å². The molecule has 1 aromatic rings. The van der Waals surface area contributed by atoms with Crippen molar-refractivity contribution in [3.63, 3.8) is 0 Å². The second-order valence-electron chi connectivity index (χ2n) is 5.37. The molecule has 0 spiro atoms. The zero-order valence-corrected chi connectivity index (χ0v) is 12.3. The molecule has 102 valence electrons. The molecule has 1 rings (SSSR count). The van der Waals surface area contributed by atoms with Gasteiger partial charge in [-0.3, -0.25) is 0 Å². The van der Waals surface area contributed by atoms with Crippen molar-refractivity contribution in [2.75, 3.05) is 0 Å². The average Bonchev–Trinajstić information content (AvgIpc) is 2.37. The summed E-state index contributed by atoms with van der Waals surface area (Å²) in [6, 6.07) is 3.91. The summed E-state index contributed by atoms with van der Waals surface area (Å²) < 4.78 is 0. The van der Waals surface area contributed by atoms with E-state index in [0.717, 1.165) is 12.0 Å². The maximum Gasteiger partial charge on any atom is 0.118 e. The molecule has 0 aliphatic carbocycles. The van der Waals surface area contributed by atoms with Crippen LogP contribution in [-0.4, -0.2) is 5.11 Å². The van der Waals surface area contributed by atoms with Gasteiger partial charge in [0.25, 0.3) is 0 Å². The third-order valence-corrected chi connectivity index (χ3v) is 3.92. The number of unbranched alkanes of at least 4 members (excludes halogenated alkanes) is 6. The Labute approximate surface area is 112 Å². The normalized spacial score (nSPS) is 10.8. The fourth-order valence-electron chi connectivity index (χ4n) is 2.41. The van der Waals surface area contributed by atoms with Crippen molar-refractivity contribution < 1.29 is 5.11 Å². The number of aryl methyl sites for hydroxylation is 1. The van der Waals surface area contributed by atoms with Gasteiger partial charge in [0.1, 0.15) is 5.75 Å². The first kappa shape index (κ1) is 15.1. The molecule has 0 aliphatic heterocycles. The van der Waals surface area contributed by atoms with Crippen molar-refractivity contribution in [3.8, 4) is 5.75 Å². The Hall–Kier alpha value is -0.980. The van der Waals surface area contributed by atoms with E-state index >= 15 is 0 Å². The lowest BCUT2D eigenvalue weighted by Crippen LogP contribution is -1.93. The van der Waals surface area contributed by atoms with E-state index in [1.54, 1.807) is 0 Å². The highest BCUT2D eigenvalue weighted by Crippen LogP contribution is 2.24. The minimum absolute atomic E-state index is 0.427. The van der Waals surface area contributed by atoms with Gasteiger partial charge in [-0.1, -0.05) is 51.5 Å². The highest BCUT2D eigenvalue weighted by Gasteiger charge is 2.04. The van der Waals surface area contributed by atoms with Crippen LogP contribution in [0.2, 0.25) is 0 Å². The Kier molecular flexibility index (Phi) is 6.85. The zero-order chi connectivity index (χ0) is 13.4. The summed E-state index contributed by atoms with van der Waals surface area (Å²) in [7, 11) is 0. The van der Waals surface area contributed by atoms with E-state index in [0.29, 0.717) is 5.75 Å². The monoisotopic (exact) mass is 248 g/mol. The van der Waals surface area contributed by atoms with E-state index in [4.69, 9.17) is 0 Å². The van der Waals surface area contributed by atoms with Gasteiger partial charge >= 0.3 is 0 Å². The predicted molar refractivity (Wildman–Crippen MR) is 79.3 cm³/mol. The molecule has 0 atom stereocenters. The Morgan fingerprint density at radius 2 is 1.44 bits per heavy atom. The minimum atomic E-state index is 0.427. The number of phenols is 1. The van der Waals surface area contributed by atoms with Crippen molar-refractivity contribution in [1.29, 1.82) is 0 Å². The molecule has 0 aliphatic rings. The average molecular weight is 248 g/mol. The first-order valence-corrected chi connectivity index (χ1v) is 7.44. The highest BCUT2D eigenvalue weighted by atomic mass is 16.3. The van der Waals surface area contributed by atoms with Gasteiger partial charge < -0.3 is 5.11 Å². The molecule has 0 amide bonds. The molecular formula is C17H28O. The Bertz CT molecular complexity index is 355. The van der Waals surface area contributed by atoms with Gasteiger partial charge in [0, 0.05) is 0 Å². The van der Waals surface area contributed by atoms with E-state index < -0.39 is 0 Å². The molecule has 0 unspecified atom stereocenters. The van der Waals surface area contributed by atoms with Crippen LogP contribution in [0.5, 0.6) is 5.75 Å². The van der Waals surface area contributed by atoms with Gasteiger partial charge in [-0.25, -0.2) is 0 Å². The lowest BCUT2D eigenvalue weighted by atomic mass is 9.97. The first-order chi connectivity index (χ1) is 8.66. The molecule has 0 radical (unpaired) electrons. The lowest BCUT2D eigenvalue weighted by molar-refractivity contribution is 0.470.